The highest BCUT2D eigenvalue weighted by Crippen LogP contribution is 2.32. The number of amides is 2. The van der Waals surface area contributed by atoms with Crippen LogP contribution in [0.2, 0.25) is 0 Å². The van der Waals surface area contributed by atoms with Crippen molar-refractivity contribution >= 4 is 22.6 Å². The van der Waals surface area contributed by atoms with Gasteiger partial charge >= 0.3 is 0 Å². The Hall–Kier alpha value is -2.16. The molecule has 0 spiro atoms. The average molecular weight is 253 g/mol. The van der Waals surface area contributed by atoms with Gasteiger partial charge in [0.15, 0.2) is 0 Å². The summed E-state index contributed by atoms with van der Waals surface area (Å²) in [5.74, 6) is -0.0864. The number of nitrogens with zero attached hydrogens (tertiary/aromatic N) is 1. The van der Waals surface area contributed by atoms with E-state index in [0.29, 0.717) is 17.0 Å². The first-order chi connectivity index (χ1) is 9.00. The van der Waals surface area contributed by atoms with E-state index in [4.69, 9.17) is 0 Å². The van der Waals surface area contributed by atoms with Crippen molar-refractivity contribution in [3.8, 4) is 0 Å². The number of carbonyl (C=O) groups is 2. The van der Waals surface area contributed by atoms with Gasteiger partial charge in [0.05, 0.1) is 0 Å². The number of hydrogen-bond donors (Lipinski definition) is 0. The maximum atomic E-state index is 12.3. The summed E-state index contributed by atoms with van der Waals surface area (Å²) in [4.78, 5) is 25.6. The second-order valence-electron chi connectivity index (χ2n) is 5.30. The molecule has 0 saturated carbocycles. The number of carbonyl (C=O) groups excluding carboxylic acids is 2. The molecule has 0 aromatic heterocycles. The highest BCUT2D eigenvalue weighted by atomic mass is 16.2. The highest BCUT2D eigenvalue weighted by molar-refractivity contribution is 6.25. The SMILES string of the molecule is CC(C)c1cc2c3c(cccc3c1)C(=O)N(C)C2=O. The topological polar surface area (TPSA) is 37.4 Å². The van der Waals surface area contributed by atoms with Crippen molar-refractivity contribution in [2.75, 3.05) is 7.05 Å². The molecule has 0 radical (unpaired) electrons. The fraction of sp³-hybridized carbons (Fsp3) is 0.250. The molecule has 0 N–H and O–H groups in total. The molecular weight excluding hydrogens is 238 g/mol. The average Bonchev–Trinajstić information content (AvgIpc) is 2.41. The Morgan fingerprint density at radius 2 is 1.68 bits per heavy atom. The number of benzene rings is 2. The Morgan fingerprint density at radius 3 is 2.37 bits per heavy atom. The molecule has 3 heteroatoms. The summed E-state index contributed by atoms with van der Waals surface area (Å²) >= 11 is 0. The maximum absolute atomic E-state index is 12.3. The van der Waals surface area contributed by atoms with Gasteiger partial charge in [-0.25, -0.2) is 0 Å². The van der Waals surface area contributed by atoms with Gasteiger partial charge in [0, 0.05) is 23.6 Å². The molecule has 1 heterocycles. The molecule has 0 unspecified atom stereocenters. The Kier molecular flexibility index (Phi) is 2.45. The molecule has 1 aliphatic rings. The molecule has 3 rings (SSSR count). The molecule has 96 valence electrons. The lowest BCUT2D eigenvalue weighted by atomic mass is 9.90. The molecule has 0 fully saturated rings. The molecule has 19 heavy (non-hydrogen) atoms. The first kappa shape index (κ1) is 11.9. The van der Waals surface area contributed by atoms with Gasteiger partial charge < -0.3 is 0 Å². The molecule has 0 atom stereocenters. The summed E-state index contributed by atoms with van der Waals surface area (Å²) in [6.07, 6.45) is 0. The van der Waals surface area contributed by atoms with Gasteiger partial charge in [0.2, 0.25) is 0 Å². The van der Waals surface area contributed by atoms with Crippen LogP contribution in [0.3, 0.4) is 0 Å². The molecule has 0 saturated heterocycles. The van der Waals surface area contributed by atoms with Gasteiger partial charge in [0.25, 0.3) is 11.8 Å². The van der Waals surface area contributed by atoms with E-state index in [1.54, 1.807) is 6.07 Å². The van der Waals surface area contributed by atoms with E-state index in [1.807, 2.05) is 18.2 Å². The zero-order valence-electron chi connectivity index (χ0n) is 11.2. The lowest BCUT2D eigenvalue weighted by Crippen LogP contribution is -2.37. The zero-order chi connectivity index (χ0) is 13.7. The van der Waals surface area contributed by atoms with Crippen molar-refractivity contribution in [2.45, 2.75) is 19.8 Å². The van der Waals surface area contributed by atoms with Crippen molar-refractivity contribution in [1.82, 2.24) is 4.90 Å². The molecule has 0 aliphatic carbocycles. The van der Waals surface area contributed by atoms with E-state index < -0.39 is 0 Å². The Labute approximate surface area is 111 Å². The van der Waals surface area contributed by atoms with Crippen LogP contribution in [-0.4, -0.2) is 23.8 Å². The van der Waals surface area contributed by atoms with Crippen molar-refractivity contribution in [3.05, 3.63) is 47.0 Å². The minimum Gasteiger partial charge on any atom is -0.277 e. The van der Waals surface area contributed by atoms with Crippen LogP contribution in [0.25, 0.3) is 10.8 Å². The lowest BCUT2D eigenvalue weighted by Gasteiger charge is -2.24. The molecule has 2 aromatic rings. The van der Waals surface area contributed by atoms with Gasteiger partial charge in [-0.1, -0.05) is 32.0 Å². The number of imide groups is 1. The van der Waals surface area contributed by atoms with Crippen LogP contribution in [0, 0.1) is 0 Å². The summed E-state index contributed by atoms with van der Waals surface area (Å²) in [5, 5.41) is 1.76. The highest BCUT2D eigenvalue weighted by Gasteiger charge is 2.30. The van der Waals surface area contributed by atoms with Gasteiger partial charge in [-0.15, -0.1) is 0 Å². The second kappa shape index (κ2) is 3.92. The minimum atomic E-state index is -0.222. The Balaban J connectivity index is 2.44. The summed E-state index contributed by atoms with van der Waals surface area (Å²) in [7, 11) is 1.54. The van der Waals surface area contributed by atoms with E-state index in [9.17, 15) is 9.59 Å². The van der Waals surface area contributed by atoms with Gasteiger partial charge in [-0.05, 0) is 29.0 Å². The lowest BCUT2D eigenvalue weighted by molar-refractivity contribution is 0.0650. The Bertz CT molecular complexity index is 716. The number of rotatable bonds is 1. The predicted molar refractivity (Wildman–Crippen MR) is 74.5 cm³/mol. The summed E-state index contributed by atoms with van der Waals surface area (Å²) in [6.45, 7) is 4.19. The van der Waals surface area contributed by atoms with Gasteiger partial charge in [-0.2, -0.15) is 0 Å². The third-order valence-corrected chi connectivity index (χ3v) is 3.74. The normalized spacial score (nSPS) is 14.6. The first-order valence-corrected chi connectivity index (χ1v) is 6.39. The van der Waals surface area contributed by atoms with Crippen LogP contribution in [0.4, 0.5) is 0 Å². The molecule has 1 aliphatic heterocycles. The smallest absolute Gasteiger partial charge is 0.261 e. The minimum absolute atomic E-state index is 0.212. The number of hydrogen-bond acceptors (Lipinski definition) is 2. The molecule has 3 nitrogen and oxygen atoms in total. The second-order valence-corrected chi connectivity index (χ2v) is 5.30. The van der Waals surface area contributed by atoms with Crippen LogP contribution >= 0.6 is 0 Å². The maximum Gasteiger partial charge on any atom is 0.261 e. The van der Waals surface area contributed by atoms with E-state index >= 15 is 0 Å². The van der Waals surface area contributed by atoms with Gasteiger partial charge in [0.1, 0.15) is 0 Å². The molecule has 0 bridgehead atoms. The van der Waals surface area contributed by atoms with Crippen molar-refractivity contribution in [1.29, 1.82) is 0 Å². The van der Waals surface area contributed by atoms with E-state index in [0.717, 1.165) is 16.3 Å². The molecule has 2 aromatic carbocycles. The predicted octanol–water partition coefficient (Wildman–Crippen LogP) is 3.19. The third-order valence-electron chi connectivity index (χ3n) is 3.74. The fourth-order valence-electron chi connectivity index (χ4n) is 2.58. The van der Waals surface area contributed by atoms with Gasteiger partial charge in [-0.3, -0.25) is 14.5 Å². The van der Waals surface area contributed by atoms with E-state index in [2.05, 4.69) is 19.9 Å². The molecule has 2 amide bonds. The van der Waals surface area contributed by atoms with Crippen molar-refractivity contribution in [3.63, 3.8) is 0 Å². The summed E-state index contributed by atoms with van der Waals surface area (Å²) in [6, 6.07) is 9.60. The van der Waals surface area contributed by atoms with E-state index in [1.165, 1.54) is 11.9 Å². The van der Waals surface area contributed by atoms with Crippen LogP contribution in [0.15, 0.2) is 30.3 Å². The van der Waals surface area contributed by atoms with Crippen LogP contribution in [0.5, 0.6) is 0 Å². The van der Waals surface area contributed by atoms with Crippen LogP contribution in [-0.2, 0) is 0 Å². The Morgan fingerprint density at radius 1 is 1.00 bits per heavy atom. The van der Waals surface area contributed by atoms with Crippen LogP contribution in [0.1, 0.15) is 46.0 Å². The van der Waals surface area contributed by atoms with E-state index in [-0.39, 0.29) is 11.8 Å². The largest absolute Gasteiger partial charge is 0.277 e. The standard InChI is InChI=1S/C16H15NO2/c1-9(2)11-7-10-5-4-6-12-14(10)13(8-11)16(19)17(3)15(12)18/h4-9H,1-3H3. The quantitative estimate of drug-likeness (QED) is 0.732. The molecular formula is C16H15NO2. The summed E-state index contributed by atoms with van der Waals surface area (Å²) in [5.41, 5.74) is 2.37. The monoisotopic (exact) mass is 253 g/mol. The van der Waals surface area contributed by atoms with Crippen molar-refractivity contribution in [2.24, 2.45) is 0 Å². The zero-order valence-corrected chi connectivity index (χ0v) is 11.2. The first-order valence-electron chi connectivity index (χ1n) is 6.39. The summed E-state index contributed by atoms with van der Waals surface area (Å²) < 4.78 is 0. The van der Waals surface area contributed by atoms with Crippen LogP contribution < -0.4 is 0 Å². The third kappa shape index (κ3) is 1.58. The fourth-order valence-corrected chi connectivity index (χ4v) is 2.58. The van der Waals surface area contributed by atoms with Crippen molar-refractivity contribution < 1.29 is 9.59 Å².